The Bertz CT molecular complexity index is 182. The van der Waals surface area contributed by atoms with E-state index in [1.54, 1.807) is 0 Å². The smallest absolute Gasteiger partial charge is 0.0163 e. The molecule has 1 aliphatic carbocycles. The molecule has 0 atom stereocenters. The van der Waals surface area contributed by atoms with Gasteiger partial charge >= 0.3 is 0 Å². The van der Waals surface area contributed by atoms with E-state index < -0.39 is 0 Å². The van der Waals surface area contributed by atoms with Gasteiger partial charge in [0, 0.05) is 0 Å². The standard InChI is InChI=1S/C12H16/c1-2-4-6-8-10-12-11-9-7-5-3-1/h1-4,7,9,11-12H,5-6,8,10H2/b3-1-,4-2+,9-7?,12-11+. The summed E-state index contributed by atoms with van der Waals surface area (Å²) in [4.78, 5) is 0. The Kier molecular flexibility index (Phi) is 5.02. The lowest BCUT2D eigenvalue weighted by molar-refractivity contribution is 0.868. The molecule has 0 fully saturated rings. The van der Waals surface area contributed by atoms with Gasteiger partial charge in [-0.1, -0.05) is 48.6 Å². The second-order valence-corrected chi connectivity index (χ2v) is 2.88. The molecule has 0 bridgehead atoms. The summed E-state index contributed by atoms with van der Waals surface area (Å²) in [6.45, 7) is 0. The van der Waals surface area contributed by atoms with Crippen LogP contribution in [0, 0.1) is 0 Å². The van der Waals surface area contributed by atoms with E-state index in [0.717, 1.165) is 6.42 Å². The van der Waals surface area contributed by atoms with Crippen LogP contribution in [0.15, 0.2) is 48.6 Å². The minimum atomic E-state index is 1.04. The molecule has 0 nitrogen and oxygen atoms in total. The van der Waals surface area contributed by atoms with E-state index in [1.165, 1.54) is 19.3 Å². The Morgan fingerprint density at radius 2 is 1.08 bits per heavy atom. The molecule has 0 aromatic heterocycles. The van der Waals surface area contributed by atoms with E-state index in [0.29, 0.717) is 0 Å². The summed E-state index contributed by atoms with van der Waals surface area (Å²) in [6.07, 6.45) is 22.0. The predicted molar refractivity (Wildman–Crippen MR) is 55.0 cm³/mol. The van der Waals surface area contributed by atoms with Gasteiger partial charge in [-0.2, -0.15) is 0 Å². The van der Waals surface area contributed by atoms with Crippen LogP contribution >= 0.6 is 0 Å². The van der Waals surface area contributed by atoms with E-state index >= 15 is 0 Å². The van der Waals surface area contributed by atoms with Gasteiger partial charge in [0.15, 0.2) is 0 Å². The monoisotopic (exact) mass is 160 g/mol. The van der Waals surface area contributed by atoms with Crippen LogP contribution in [0.4, 0.5) is 0 Å². The molecule has 12 heavy (non-hydrogen) atoms. The first-order valence-corrected chi connectivity index (χ1v) is 4.63. The van der Waals surface area contributed by atoms with E-state index in [2.05, 4.69) is 48.6 Å². The Hall–Kier alpha value is -1.04. The van der Waals surface area contributed by atoms with Crippen LogP contribution in [0.3, 0.4) is 0 Å². The fourth-order valence-corrected chi connectivity index (χ4v) is 1.10. The topological polar surface area (TPSA) is 0 Å². The summed E-state index contributed by atoms with van der Waals surface area (Å²) >= 11 is 0. The first kappa shape index (κ1) is 9.05. The maximum Gasteiger partial charge on any atom is -0.0163 e. The Labute approximate surface area is 75.0 Å². The van der Waals surface area contributed by atoms with Crippen molar-refractivity contribution < 1.29 is 0 Å². The summed E-state index contributed by atoms with van der Waals surface area (Å²) in [7, 11) is 0. The van der Waals surface area contributed by atoms with Crippen LogP contribution in [0.5, 0.6) is 0 Å². The van der Waals surface area contributed by atoms with Crippen molar-refractivity contribution in [3.63, 3.8) is 0 Å². The lowest BCUT2D eigenvalue weighted by Crippen LogP contribution is -1.69. The van der Waals surface area contributed by atoms with Crippen LogP contribution in [-0.2, 0) is 0 Å². The minimum absolute atomic E-state index is 1.04. The minimum Gasteiger partial charge on any atom is -0.0845 e. The fourth-order valence-electron chi connectivity index (χ4n) is 1.10. The molecule has 0 spiro atoms. The fraction of sp³-hybridized carbons (Fsp3) is 0.333. The second-order valence-electron chi connectivity index (χ2n) is 2.88. The molecular formula is C12H16. The van der Waals surface area contributed by atoms with Crippen molar-refractivity contribution in [2.75, 3.05) is 0 Å². The highest BCUT2D eigenvalue weighted by atomic mass is 13.9. The van der Waals surface area contributed by atoms with Gasteiger partial charge in [-0.3, -0.25) is 0 Å². The number of hydrogen-bond donors (Lipinski definition) is 0. The van der Waals surface area contributed by atoms with Gasteiger partial charge in [0.2, 0.25) is 0 Å². The molecule has 0 heterocycles. The van der Waals surface area contributed by atoms with Crippen molar-refractivity contribution in [2.24, 2.45) is 0 Å². The molecule has 0 aromatic carbocycles. The SMILES string of the molecule is C1=CC/C=C\C=C\CCC/C=C/1. The highest BCUT2D eigenvalue weighted by molar-refractivity contribution is 5.09. The maximum absolute atomic E-state index is 2.23. The average Bonchev–Trinajstić information content (AvgIpc) is 2.05. The first-order chi connectivity index (χ1) is 6.00. The molecule has 0 amide bonds. The third kappa shape index (κ3) is 4.73. The molecule has 0 heteroatoms. The predicted octanol–water partition coefficient (Wildman–Crippen LogP) is 3.79. The molecule has 0 N–H and O–H groups in total. The summed E-state index contributed by atoms with van der Waals surface area (Å²) in [5.41, 5.74) is 0. The quantitative estimate of drug-likeness (QED) is 0.506. The van der Waals surface area contributed by atoms with Gasteiger partial charge in [0.25, 0.3) is 0 Å². The molecule has 64 valence electrons. The normalized spacial score (nSPS) is 26.7. The molecule has 1 aliphatic rings. The van der Waals surface area contributed by atoms with E-state index in [9.17, 15) is 0 Å². The van der Waals surface area contributed by atoms with E-state index in [-0.39, 0.29) is 0 Å². The van der Waals surface area contributed by atoms with Crippen molar-refractivity contribution >= 4 is 0 Å². The lowest BCUT2D eigenvalue weighted by Gasteiger charge is -1.89. The van der Waals surface area contributed by atoms with Crippen molar-refractivity contribution in [3.8, 4) is 0 Å². The Balaban J connectivity index is 2.42. The summed E-state index contributed by atoms with van der Waals surface area (Å²) in [6, 6.07) is 0. The molecule has 0 aromatic rings. The largest absolute Gasteiger partial charge is 0.0845 e. The number of rotatable bonds is 0. The summed E-state index contributed by atoms with van der Waals surface area (Å²) < 4.78 is 0. The van der Waals surface area contributed by atoms with Gasteiger partial charge in [0.05, 0.1) is 0 Å². The third-order valence-electron chi connectivity index (χ3n) is 1.78. The second kappa shape index (κ2) is 6.66. The van der Waals surface area contributed by atoms with Crippen molar-refractivity contribution in [1.82, 2.24) is 0 Å². The van der Waals surface area contributed by atoms with Crippen LogP contribution < -0.4 is 0 Å². The molecule has 0 unspecified atom stereocenters. The molecule has 1 rings (SSSR count). The van der Waals surface area contributed by atoms with Gasteiger partial charge in [-0.05, 0) is 25.7 Å². The molecule has 0 radical (unpaired) electrons. The van der Waals surface area contributed by atoms with Crippen LogP contribution in [0.2, 0.25) is 0 Å². The number of allylic oxidation sites excluding steroid dienone is 8. The van der Waals surface area contributed by atoms with Gasteiger partial charge in [-0.25, -0.2) is 0 Å². The van der Waals surface area contributed by atoms with Crippen molar-refractivity contribution in [1.29, 1.82) is 0 Å². The van der Waals surface area contributed by atoms with E-state index in [4.69, 9.17) is 0 Å². The summed E-state index contributed by atoms with van der Waals surface area (Å²) in [5.74, 6) is 0. The zero-order chi connectivity index (χ0) is 8.49. The zero-order valence-electron chi connectivity index (χ0n) is 7.45. The van der Waals surface area contributed by atoms with E-state index in [1.807, 2.05) is 0 Å². The molecule has 0 aliphatic heterocycles. The Morgan fingerprint density at radius 3 is 1.67 bits per heavy atom. The first-order valence-electron chi connectivity index (χ1n) is 4.63. The lowest BCUT2D eigenvalue weighted by atomic mass is 10.2. The molecule has 0 saturated carbocycles. The van der Waals surface area contributed by atoms with Gasteiger partial charge in [-0.15, -0.1) is 0 Å². The summed E-state index contributed by atoms with van der Waals surface area (Å²) in [5, 5.41) is 0. The average molecular weight is 160 g/mol. The van der Waals surface area contributed by atoms with Gasteiger partial charge < -0.3 is 0 Å². The van der Waals surface area contributed by atoms with Crippen molar-refractivity contribution in [3.05, 3.63) is 48.6 Å². The zero-order valence-corrected chi connectivity index (χ0v) is 7.45. The highest BCUT2D eigenvalue weighted by Crippen LogP contribution is 2.00. The highest BCUT2D eigenvalue weighted by Gasteiger charge is 1.79. The van der Waals surface area contributed by atoms with Crippen LogP contribution in [0.25, 0.3) is 0 Å². The molecule has 0 saturated heterocycles. The third-order valence-corrected chi connectivity index (χ3v) is 1.78. The number of hydrogen-bond acceptors (Lipinski definition) is 0. The van der Waals surface area contributed by atoms with Crippen LogP contribution in [0.1, 0.15) is 25.7 Å². The van der Waals surface area contributed by atoms with Crippen LogP contribution in [-0.4, -0.2) is 0 Å². The van der Waals surface area contributed by atoms with Gasteiger partial charge in [0.1, 0.15) is 0 Å². The Morgan fingerprint density at radius 1 is 0.583 bits per heavy atom. The maximum atomic E-state index is 2.23. The molecular weight excluding hydrogens is 144 g/mol. The van der Waals surface area contributed by atoms with Crippen molar-refractivity contribution in [2.45, 2.75) is 25.7 Å².